The van der Waals surface area contributed by atoms with Crippen molar-refractivity contribution >= 4 is 5.97 Å². The predicted molar refractivity (Wildman–Crippen MR) is 70.0 cm³/mol. The van der Waals surface area contributed by atoms with Gasteiger partial charge in [-0.3, -0.25) is 4.79 Å². The smallest absolute Gasteiger partial charge is 0.311 e. The second-order valence-electron chi connectivity index (χ2n) is 6.77. The van der Waals surface area contributed by atoms with Crippen LogP contribution in [-0.2, 0) is 9.53 Å². The lowest BCUT2D eigenvalue weighted by atomic mass is 9.81. The van der Waals surface area contributed by atoms with Gasteiger partial charge in [-0.1, -0.05) is 13.8 Å². The summed E-state index contributed by atoms with van der Waals surface area (Å²) < 4.78 is 5.69. The average molecular weight is 254 g/mol. The summed E-state index contributed by atoms with van der Waals surface area (Å²) in [6.45, 7) is 7.93. The van der Waals surface area contributed by atoms with Gasteiger partial charge in [0.25, 0.3) is 0 Å². The molecule has 0 spiro atoms. The Labute approximate surface area is 110 Å². The van der Waals surface area contributed by atoms with Crippen molar-refractivity contribution in [3.8, 4) is 0 Å². The Morgan fingerprint density at radius 3 is 2.50 bits per heavy atom. The van der Waals surface area contributed by atoms with E-state index in [2.05, 4.69) is 0 Å². The standard InChI is InChI=1S/C15H26O3/c1-5-14(3,4)13(16)18-12-8-11-7-10(12)9-15(11,17)6-2/h10-12,17H,5-9H2,1-4H3. The zero-order chi connectivity index (χ0) is 13.6. The molecule has 3 heteroatoms. The molecule has 2 saturated carbocycles. The quantitative estimate of drug-likeness (QED) is 0.785. The SMILES string of the molecule is CCC(C)(C)C(=O)OC1CC2CC1CC2(O)CC. The summed E-state index contributed by atoms with van der Waals surface area (Å²) in [5.74, 6) is 0.620. The summed E-state index contributed by atoms with van der Waals surface area (Å²) in [6.07, 6.45) is 4.33. The van der Waals surface area contributed by atoms with E-state index in [1.807, 2.05) is 27.7 Å². The van der Waals surface area contributed by atoms with Gasteiger partial charge in [0.15, 0.2) is 0 Å². The van der Waals surface area contributed by atoms with Gasteiger partial charge in [0.2, 0.25) is 0 Å². The van der Waals surface area contributed by atoms with Gasteiger partial charge in [0.05, 0.1) is 11.0 Å². The number of aliphatic hydroxyl groups is 1. The molecule has 1 N–H and O–H groups in total. The molecular formula is C15H26O3. The minimum atomic E-state index is -0.492. The van der Waals surface area contributed by atoms with Gasteiger partial charge in [-0.2, -0.15) is 0 Å². The Hall–Kier alpha value is -0.570. The third-order valence-electron chi connectivity index (χ3n) is 5.31. The number of ether oxygens (including phenoxy) is 1. The Kier molecular flexibility index (Phi) is 3.48. The van der Waals surface area contributed by atoms with E-state index in [-0.39, 0.29) is 17.5 Å². The maximum atomic E-state index is 12.1. The van der Waals surface area contributed by atoms with Crippen molar-refractivity contribution in [3.05, 3.63) is 0 Å². The molecular weight excluding hydrogens is 228 g/mol. The topological polar surface area (TPSA) is 46.5 Å². The van der Waals surface area contributed by atoms with Gasteiger partial charge in [-0.15, -0.1) is 0 Å². The fourth-order valence-corrected chi connectivity index (χ4v) is 3.38. The number of hydrogen-bond acceptors (Lipinski definition) is 3. The zero-order valence-electron chi connectivity index (χ0n) is 12.0. The molecule has 2 fully saturated rings. The summed E-state index contributed by atoms with van der Waals surface area (Å²) in [7, 11) is 0. The fourth-order valence-electron chi connectivity index (χ4n) is 3.38. The van der Waals surface area contributed by atoms with Crippen LogP contribution in [-0.4, -0.2) is 22.8 Å². The summed E-state index contributed by atoms with van der Waals surface area (Å²) in [5, 5.41) is 10.4. The van der Waals surface area contributed by atoms with Crippen molar-refractivity contribution in [2.24, 2.45) is 17.3 Å². The Morgan fingerprint density at radius 2 is 2.06 bits per heavy atom. The number of rotatable bonds is 4. The molecule has 0 aromatic rings. The average Bonchev–Trinajstić information content (AvgIpc) is 2.86. The molecule has 2 aliphatic rings. The minimum absolute atomic E-state index is 0.0418. The molecule has 0 aliphatic heterocycles. The molecule has 0 heterocycles. The fraction of sp³-hybridized carbons (Fsp3) is 0.933. The summed E-state index contributed by atoms with van der Waals surface area (Å²) in [6, 6.07) is 0. The summed E-state index contributed by atoms with van der Waals surface area (Å²) in [4.78, 5) is 12.1. The highest BCUT2D eigenvalue weighted by Gasteiger charge is 2.54. The Morgan fingerprint density at radius 1 is 1.39 bits per heavy atom. The van der Waals surface area contributed by atoms with Crippen molar-refractivity contribution in [2.45, 2.75) is 71.5 Å². The van der Waals surface area contributed by atoms with Crippen molar-refractivity contribution in [1.29, 1.82) is 0 Å². The Bertz CT molecular complexity index is 337. The van der Waals surface area contributed by atoms with Gasteiger partial charge in [0.1, 0.15) is 6.10 Å². The molecule has 0 radical (unpaired) electrons. The highest BCUT2D eigenvalue weighted by atomic mass is 16.5. The number of hydrogen-bond donors (Lipinski definition) is 1. The molecule has 4 atom stereocenters. The highest BCUT2D eigenvalue weighted by Crippen LogP contribution is 2.53. The molecule has 3 nitrogen and oxygen atoms in total. The maximum Gasteiger partial charge on any atom is 0.311 e. The molecule has 2 rings (SSSR count). The second-order valence-corrected chi connectivity index (χ2v) is 6.77. The number of carbonyl (C=O) groups excluding carboxylic acids is 1. The monoisotopic (exact) mass is 254 g/mol. The molecule has 0 aromatic carbocycles. The second kappa shape index (κ2) is 4.52. The minimum Gasteiger partial charge on any atom is -0.462 e. The van der Waals surface area contributed by atoms with Crippen LogP contribution in [0.4, 0.5) is 0 Å². The first kappa shape index (κ1) is 13.9. The molecule has 104 valence electrons. The van der Waals surface area contributed by atoms with Crippen LogP contribution in [0.1, 0.15) is 59.8 Å². The number of carbonyl (C=O) groups is 1. The first-order valence-corrected chi connectivity index (χ1v) is 7.26. The van der Waals surface area contributed by atoms with Crippen LogP contribution in [0.5, 0.6) is 0 Å². The van der Waals surface area contributed by atoms with Crippen molar-refractivity contribution < 1.29 is 14.6 Å². The number of esters is 1. The van der Waals surface area contributed by atoms with Crippen molar-refractivity contribution in [2.75, 3.05) is 0 Å². The van der Waals surface area contributed by atoms with Gasteiger partial charge >= 0.3 is 5.97 Å². The molecule has 18 heavy (non-hydrogen) atoms. The molecule has 0 saturated heterocycles. The Balaban J connectivity index is 1.95. The van der Waals surface area contributed by atoms with E-state index in [0.717, 1.165) is 32.1 Å². The highest BCUT2D eigenvalue weighted by molar-refractivity contribution is 5.76. The van der Waals surface area contributed by atoms with Crippen LogP contribution in [0.2, 0.25) is 0 Å². The maximum absolute atomic E-state index is 12.1. The molecule has 0 aromatic heterocycles. The van der Waals surface area contributed by atoms with E-state index in [9.17, 15) is 9.90 Å². The molecule has 2 aliphatic carbocycles. The van der Waals surface area contributed by atoms with Crippen LogP contribution >= 0.6 is 0 Å². The first-order chi connectivity index (χ1) is 8.32. The molecule has 4 unspecified atom stereocenters. The van der Waals surface area contributed by atoms with Crippen LogP contribution in [0.3, 0.4) is 0 Å². The van der Waals surface area contributed by atoms with E-state index in [1.165, 1.54) is 0 Å². The summed E-state index contributed by atoms with van der Waals surface area (Å²) in [5.41, 5.74) is -0.878. The van der Waals surface area contributed by atoms with Crippen molar-refractivity contribution in [1.82, 2.24) is 0 Å². The van der Waals surface area contributed by atoms with Crippen LogP contribution < -0.4 is 0 Å². The lowest BCUT2D eigenvalue weighted by Gasteiger charge is -2.35. The van der Waals surface area contributed by atoms with Crippen LogP contribution in [0.25, 0.3) is 0 Å². The molecule has 0 amide bonds. The van der Waals surface area contributed by atoms with E-state index in [1.54, 1.807) is 0 Å². The predicted octanol–water partition coefficient (Wildman–Crippen LogP) is 2.91. The first-order valence-electron chi connectivity index (χ1n) is 7.26. The van der Waals surface area contributed by atoms with Crippen molar-refractivity contribution in [3.63, 3.8) is 0 Å². The van der Waals surface area contributed by atoms with Crippen LogP contribution in [0.15, 0.2) is 0 Å². The van der Waals surface area contributed by atoms with Gasteiger partial charge in [0, 0.05) is 0 Å². The van der Waals surface area contributed by atoms with E-state index in [4.69, 9.17) is 4.74 Å². The zero-order valence-corrected chi connectivity index (χ0v) is 12.0. The number of fused-ring (bicyclic) bond motifs is 2. The van der Waals surface area contributed by atoms with E-state index < -0.39 is 5.60 Å². The normalized spacial score (nSPS) is 39.1. The van der Waals surface area contributed by atoms with Gasteiger partial charge in [-0.05, 0) is 57.8 Å². The van der Waals surface area contributed by atoms with Gasteiger partial charge in [-0.25, -0.2) is 0 Å². The largest absolute Gasteiger partial charge is 0.462 e. The van der Waals surface area contributed by atoms with Crippen LogP contribution in [0, 0.1) is 17.3 Å². The molecule has 2 bridgehead atoms. The van der Waals surface area contributed by atoms with Gasteiger partial charge < -0.3 is 9.84 Å². The van der Waals surface area contributed by atoms with E-state index in [0.29, 0.717) is 11.8 Å². The lowest BCUT2D eigenvalue weighted by molar-refractivity contribution is -0.165. The van der Waals surface area contributed by atoms with E-state index >= 15 is 0 Å². The summed E-state index contributed by atoms with van der Waals surface area (Å²) >= 11 is 0. The lowest BCUT2D eigenvalue weighted by Crippen LogP contribution is -2.40. The third-order valence-corrected chi connectivity index (χ3v) is 5.31. The third kappa shape index (κ3) is 2.18.